The summed E-state index contributed by atoms with van der Waals surface area (Å²) in [7, 11) is 4.04. The van der Waals surface area contributed by atoms with Crippen molar-refractivity contribution < 1.29 is 9.53 Å². The van der Waals surface area contributed by atoms with Gasteiger partial charge in [0.05, 0.1) is 11.9 Å². The molecular formula is C17H22N4O2. The molecule has 0 aliphatic carbocycles. The molecule has 122 valence electrons. The van der Waals surface area contributed by atoms with Gasteiger partial charge in [-0.05, 0) is 38.4 Å². The van der Waals surface area contributed by atoms with Crippen LogP contribution in [-0.4, -0.2) is 49.6 Å². The molecule has 23 heavy (non-hydrogen) atoms. The second kappa shape index (κ2) is 8.75. The summed E-state index contributed by atoms with van der Waals surface area (Å²) in [5.74, 6) is 1.23. The molecule has 0 bridgehead atoms. The van der Waals surface area contributed by atoms with Crippen LogP contribution >= 0.6 is 0 Å². The van der Waals surface area contributed by atoms with Crippen LogP contribution in [0.3, 0.4) is 0 Å². The van der Waals surface area contributed by atoms with E-state index in [2.05, 4.69) is 20.5 Å². The SMILES string of the molecule is CN(C)CCNc1ccc(NC(=O)COc2ccccc2)cn1. The molecule has 1 aromatic carbocycles. The average molecular weight is 314 g/mol. The monoisotopic (exact) mass is 314 g/mol. The topological polar surface area (TPSA) is 66.5 Å². The van der Waals surface area contributed by atoms with Crippen LogP contribution in [0.4, 0.5) is 11.5 Å². The summed E-state index contributed by atoms with van der Waals surface area (Å²) in [4.78, 5) is 18.2. The zero-order chi connectivity index (χ0) is 16.5. The van der Waals surface area contributed by atoms with Crippen molar-refractivity contribution in [1.82, 2.24) is 9.88 Å². The Morgan fingerprint density at radius 3 is 2.61 bits per heavy atom. The molecule has 0 saturated carbocycles. The van der Waals surface area contributed by atoms with Crippen LogP contribution in [0.5, 0.6) is 5.75 Å². The number of hydrogen-bond donors (Lipinski definition) is 2. The molecule has 0 saturated heterocycles. The highest BCUT2D eigenvalue weighted by Crippen LogP contribution is 2.11. The third kappa shape index (κ3) is 6.36. The van der Waals surface area contributed by atoms with Gasteiger partial charge >= 0.3 is 0 Å². The van der Waals surface area contributed by atoms with Crippen molar-refractivity contribution in [2.45, 2.75) is 0 Å². The first-order chi connectivity index (χ1) is 11.1. The van der Waals surface area contributed by atoms with E-state index in [-0.39, 0.29) is 12.5 Å². The van der Waals surface area contributed by atoms with Crippen molar-refractivity contribution in [3.63, 3.8) is 0 Å². The molecule has 2 aromatic rings. The highest BCUT2D eigenvalue weighted by atomic mass is 16.5. The molecule has 0 aliphatic rings. The number of likely N-dealkylation sites (N-methyl/N-ethyl adjacent to an activating group) is 1. The Morgan fingerprint density at radius 2 is 1.96 bits per heavy atom. The Kier molecular flexibility index (Phi) is 6.38. The first kappa shape index (κ1) is 16.8. The van der Waals surface area contributed by atoms with E-state index in [0.717, 1.165) is 18.9 Å². The molecule has 0 radical (unpaired) electrons. The Morgan fingerprint density at radius 1 is 1.17 bits per heavy atom. The molecule has 1 heterocycles. The highest BCUT2D eigenvalue weighted by Gasteiger charge is 2.04. The number of para-hydroxylation sites is 1. The summed E-state index contributed by atoms with van der Waals surface area (Å²) in [6.07, 6.45) is 1.62. The molecular weight excluding hydrogens is 292 g/mol. The van der Waals surface area contributed by atoms with Gasteiger partial charge in [0.25, 0.3) is 5.91 Å². The lowest BCUT2D eigenvalue weighted by Gasteiger charge is -2.11. The highest BCUT2D eigenvalue weighted by molar-refractivity contribution is 5.91. The summed E-state index contributed by atoms with van der Waals surface area (Å²) in [5, 5.41) is 5.96. The zero-order valence-electron chi connectivity index (χ0n) is 13.5. The predicted molar refractivity (Wildman–Crippen MR) is 91.8 cm³/mol. The van der Waals surface area contributed by atoms with Crippen LogP contribution in [0, 0.1) is 0 Å². The first-order valence-corrected chi connectivity index (χ1v) is 7.46. The van der Waals surface area contributed by atoms with Crippen molar-refractivity contribution in [2.75, 3.05) is 44.4 Å². The predicted octanol–water partition coefficient (Wildman–Crippen LogP) is 2.07. The molecule has 1 aromatic heterocycles. The summed E-state index contributed by atoms with van der Waals surface area (Å²) >= 11 is 0. The summed E-state index contributed by atoms with van der Waals surface area (Å²) in [6, 6.07) is 12.9. The van der Waals surface area contributed by atoms with E-state index < -0.39 is 0 Å². The van der Waals surface area contributed by atoms with Crippen LogP contribution in [0.15, 0.2) is 48.7 Å². The van der Waals surface area contributed by atoms with E-state index in [0.29, 0.717) is 11.4 Å². The average Bonchev–Trinajstić information content (AvgIpc) is 2.55. The Balaban J connectivity index is 1.75. The van der Waals surface area contributed by atoms with Crippen molar-refractivity contribution in [2.24, 2.45) is 0 Å². The quantitative estimate of drug-likeness (QED) is 0.781. The Hall–Kier alpha value is -2.60. The van der Waals surface area contributed by atoms with Gasteiger partial charge in [-0.1, -0.05) is 18.2 Å². The van der Waals surface area contributed by atoms with Gasteiger partial charge < -0.3 is 20.3 Å². The summed E-state index contributed by atoms with van der Waals surface area (Å²) in [5.41, 5.74) is 0.643. The maximum absolute atomic E-state index is 11.8. The summed E-state index contributed by atoms with van der Waals surface area (Å²) in [6.45, 7) is 1.71. The normalized spacial score (nSPS) is 10.4. The van der Waals surface area contributed by atoms with Gasteiger partial charge in [0.15, 0.2) is 6.61 Å². The van der Waals surface area contributed by atoms with E-state index in [9.17, 15) is 4.79 Å². The van der Waals surface area contributed by atoms with Crippen LogP contribution in [0.1, 0.15) is 0 Å². The zero-order valence-corrected chi connectivity index (χ0v) is 13.5. The number of anilines is 2. The van der Waals surface area contributed by atoms with E-state index in [1.54, 1.807) is 6.20 Å². The molecule has 6 heteroatoms. The molecule has 2 N–H and O–H groups in total. The van der Waals surface area contributed by atoms with Gasteiger partial charge in [0, 0.05) is 13.1 Å². The number of benzene rings is 1. The molecule has 1 amide bonds. The van der Waals surface area contributed by atoms with Gasteiger partial charge in [0.1, 0.15) is 11.6 Å². The Labute approximate surface area is 136 Å². The second-order valence-corrected chi connectivity index (χ2v) is 5.31. The van der Waals surface area contributed by atoms with Gasteiger partial charge in [-0.3, -0.25) is 4.79 Å². The number of rotatable bonds is 8. The van der Waals surface area contributed by atoms with Gasteiger partial charge in [-0.15, -0.1) is 0 Å². The minimum Gasteiger partial charge on any atom is -0.484 e. The van der Waals surface area contributed by atoms with Crippen molar-refractivity contribution in [1.29, 1.82) is 0 Å². The van der Waals surface area contributed by atoms with Gasteiger partial charge in [-0.25, -0.2) is 4.98 Å². The number of carbonyl (C=O) groups is 1. The lowest BCUT2D eigenvalue weighted by Crippen LogP contribution is -2.21. The van der Waals surface area contributed by atoms with Gasteiger partial charge in [0.2, 0.25) is 0 Å². The lowest BCUT2D eigenvalue weighted by molar-refractivity contribution is -0.118. The molecule has 0 spiro atoms. The lowest BCUT2D eigenvalue weighted by atomic mass is 10.3. The molecule has 0 aliphatic heterocycles. The number of hydrogen-bond acceptors (Lipinski definition) is 5. The first-order valence-electron chi connectivity index (χ1n) is 7.46. The van der Waals surface area contributed by atoms with Gasteiger partial charge in [-0.2, -0.15) is 0 Å². The van der Waals surface area contributed by atoms with Crippen molar-refractivity contribution >= 4 is 17.4 Å². The standard InChI is InChI=1S/C17H22N4O2/c1-21(2)11-10-18-16-9-8-14(12-19-16)20-17(22)13-23-15-6-4-3-5-7-15/h3-9,12H,10-11,13H2,1-2H3,(H,18,19)(H,20,22). The number of ether oxygens (including phenoxy) is 1. The molecule has 2 rings (SSSR count). The van der Waals surface area contributed by atoms with Crippen LogP contribution in [0.25, 0.3) is 0 Å². The fourth-order valence-corrected chi connectivity index (χ4v) is 1.84. The second-order valence-electron chi connectivity index (χ2n) is 5.31. The molecule has 0 atom stereocenters. The number of carbonyl (C=O) groups excluding carboxylic acids is 1. The molecule has 6 nitrogen and oxygen atoms in total. The molecule has 0 fully saturated rings. The van der Waals surface area contributed by atoms with Crippen LogP contribution < -0.4 is 15.4 Å². The van der Waals surface area contributed by atoms with Crippen molar-refractivity contribution in [3.05, 3.63) is 48.7 Å². The smallest absolute Gasteiger partial charge is 0.262 e. The van der Waals surface area contributed by atoms with Crippen LogP contribution in [-0.2, 0) is 4.79 Å². The Bertz CT molecular complexity index is 600. The number of amides is 1. The third-order valence-corrected chi connectivity index (χ3v) is 3.03. The van der Waals surface area contributed by atoms with E-state index in [4.69, 9.17) is 4.74 Å². The number of pyridine rings is 1. The maximum atomic E-state index is 11.8. The van der Waals surface area contributed by atoms with E-state index in [1.165, 1.54) is 0 Å². The van der Waals surface area contributed by atoms with Crippen LogP contribution in [0.2, 0.25) is 0 Å². The maximum Gasteiger partial charge on any atom is 0.262 e. The molecule has 0 unspecified atom stereocenters. The van der Waals surface area contributed by atoms with E-state index >= 15 is 0 Å². The summed E-state index contributed by atoms with van der Waals surface area (Å²) < 4.78 is 5.39. The number of nitrogens with zero attached hydrogens (tertiary/aromatic N) is 2. The van der Waals surface area contributed by atoms with E-state index in [1.807, 2.05) is 56.6 Å². The minimum absolute atomic E-state index is 0.0349. The fourth-order valence-electron chi connectivity index (χ4n) is 1.84. The minimum atomic E-state index is -0.219. The number of nitrogens with one attached hydrogen (secondary N) is 2. The van der Waals surface area contributed by atoms with Crippen molar-refractivity contribution in [3.8, 4) is 5.75 Å². The number of aromatic nitrogens is 1. The third-order valence-electron chi connectivity index (χ3n) is 3.03. The fraction of sp³-hybridized carbons (Fsp3) is 0.294. The largest absolute Gasteiger partial charge is 0.484 e.